The maximum absolute atomic E-state index is 12.9. The molecule has 0 saturated heterocycles. The van der Waals surface area contributed by atoms with Gasteiger partial charge < -0.3 is 4.57 Å². The number of fused-ring (bicyclic) bond motifs is 3. The average Bonchev–Trinajstić information content (AvgIpc) is 3.03. The van der Waals surface area contributed by atoms with Crippen molar-refractivity contribution in [1.29, 1.82) is 0 Å². The van der Waals surface area contributed by atoms with E-state index >= 15 is 0 Å². The van der Waals surface area contributed by atoms with Crippen LogP contribution in [0, 0.1) is 11.3 Å². The summed E-state index contributed by atoms with van der Waals surface area (Å²) >= 11 is 0. The van der Waals surface area contributed by atoms with E-state index in [4.69, 9.17) is 0 Å². The van der Waals surface area contributed by atoms with Gasteiger partial charge in [-0.15, -0.1) is 0 Å². The number of benzene rings is 1. The molecule has 0 bridgehead atoms. The van der Waals surface area contributed by atoms with Gasteiger partial charge in [0.05, 0.1) is 24.3 Å². The molecule has 1 aliphatic heterocycles. The predicted molar refractivity (Wildman–Crippen MR) is 81.9 cm³/mol. The van der Waals surface area contributed by atoms with E-state index in [0.717, 1.165) is 25.0 Å². The number of imidazole rings is 1. The lowest BCUT2D eigenvalue weighted by Gasteiger charge is -2.37. The number of hydrogen-bond acceptors (Lipinski definition) is 2. The zero-order valence-corrected chi connectivity index (χ0v) is 12.5. The first kappa shape index (κ1) is 12.8. The largest absolute Gasteiger partial charge is 0.322 e. The Balaban J connectivity index is 1.84. The Hall–Kier alpha value is -1.90. The highest BCUT2D eigenvalue weighted by Gasteiger charge is 2.44. The summed E-state index contributed by atoms with van der Waals surface area (Å²) in [4.78, 5) is 17.2. The van der Waals surface area contributed by atoms with Crippen molar-refractivity contribution in [1.82, 2.24) is 9.55 Å². The highest BCUT2D eigenvalue weighted by atomic mass is 16.1. The van der Waals surface area contributed by atoms with E-state index in [1.165, 1.54) is 11.1 Å². The van der Waals surface area contributed by atoms with E-state index in [-0.39, 0.29) is 17.4 Å². The second-order valence-electron chi connectivity index (χ2n) is 6.97. The average molecular weight is 280 g/mol. The lowest BCUT2D eigenvalue weighted by Crippen LogP contribution is -2.39. The highest BCUT2D eigenvalue weighted by molar-refractivity contribution is 5.89. The lowest BCUT2D eigenvalue weighted by atomic mass is 9.68. The predicted octanol–water partition coefficient (Wildman–Crippen LogP) is 3.85. The standard InChI is InChI=1S/C18H20N2O/c1-18(2)9-5-8-14(17(18)21)16-13-7-4-3-6-12(13)15-10-19-11-20(15)16/h3-4,6-7,10-11,14,16H,5,8-9H2,1-2H3/t14-,16-/m1/s1. The molecule has 2 heterocycles. The molecule has 0 radical (unpaired) electrons. The maximum atomic E-state index is 12.9. The summed E-state index contributed by atoms with van der Waals surface area (Å²) < 4.78 is 2.20. The summed E-state index contributed by atoms with van der Waals surface area (Å²) in [6.07, 6.45) is 6.92. The van der Waals surface area contributed by atoms with Crippen molar-refractivity contribution < 1.29 is 4.79 Å². The summed E-state index contributed by atoms with van der Waals surface area (Å²) in [6, 6.07) is 8.57. The zero-order chi connectivity index (χ0) is 14.6. The lowest BCUT2D eigenvalue weighted by molar-refractivity contribution is -0.135. The van der Waals surface area contributed by atoms with Crippen molar-refractivity contribution in [2.75, 3.05) is 0 Å². The first-order valence-corrected chi connectivity index (χ1v) is 7.75. The van der Waals surface area contributed by atoms with Crippen molar-refractivity contribution in [3.05, 3.63) is 42.4 Å². The van der Waals surface area contributed by atoms with Crippen LogP contribution in [0.15, 0.2) is 36.8 Å². The Morgan fingerprint density at radius 2 is 2.10 bits per heavy atom. The fourth-order valence-electron chi connectivity index (χ4n) is 4.10. The van der Waals surface area contributed by atoms with Crippen molar-refractivity contribution >= 4 is 5.78 Å². The first-order valence-electron chi connectivity index (χ1n) is 7.75. The highest BCUT2D eigenvalue weighted by Crippen LogP contribution is 2.48. The van der Waals surface area contributed by atoms with Crippen LogP contribution < -0.4 is 0 Å². The van der Waals surface area contributed by atoms with E-state index in [1.54, 1.807) is 0 Å². The minimum Gasteiger partial charge on any atom is -0.322 e. The molecule has 3 nitrogen and oxygen atoms in total. The maximum Gasteiger partial charge on any atom is 0.143 e. The third-order valence-electron chi connectivity index (χ3n) is 5.22. The van der Waals surface area contributed by atoms with Gasteiger partial charge in [-0.05, 0) is 18.4 Å². The van der Waals surface area contributed by atoms with Crippen LogP contribution in [0.3, 0.4) is 0 Å². The van der Waals surface area contributed by atoms with Gasteiger partial charge in [-0.3, -0.25) is 4.79 Å². The number of aromatic nitrogens is 2. The fraction of sp³-hybridized carbons (Fsp3) is 0.444. The van der Waals surface area contributed by atoms with Crippen molar-refractivity contribution in [2.45, 2.75) is 39.2 Å². The molecule has 0 spiro atoms. The SMILES string of the molecule is CC1(C)CCC[C@H]([C@H]2c3ccccc3-c3cncn32)C1=O. The molecule has 0 unspecified atom stereocenters. The number of hydrogen-bond donors (Lipinski definition) is 0. The normalized spacial score (nSPS) is 26.5. The Morgan fingerprint density at radius 1 is 1.29 bits per heavy atom. The van der Waals surface area contributed by atoms with Crippen LogP contribution in [0.1, 0.15) is 44.7 Å². The monoisotopic (exact) mass is 280 g/mol. The molecule has 3 heteroatoms. The molecule has 2 aliphatic rings. The van der Waals surface area contributed by atoms with E-state index in [0.29, 0.717) is 5.78 Å². The van der Waals surface area contributed by atoms with Gasteiger partial charge in [0, 0.05) is 16.9 Å². The Labute approximate surface area is 125 Å². The molecule has 108 valence electrons. The first-order chi connectivity index (χ1) is 10.1. The number of nitrogens with zero attached hydrogens (tertiary/aromatic N) is 2. The van der Waals surface area contributed by atoms with Gasteiger partial charge >= 0.3 is 0 Å². The number of rotatable bonds is 1. The quantitative estimate of drug-likeness (QED) is 0.795. The molecular weight excluding hydrogens is 260 g/mol. The van der Waals surface area contributed by atoms with Gasteiger partial charge in [-0.25, -0.2) is 4.98 Å². The summed E-state index contributed by atoms with van der Waals surface area (Å²) in [5.41, 5.74) is 3.47. The van der Waals surface area contributed by atoms with Gasteiger partial charge in [-0.1, -0.05) is 44.5 Å². The molecule has 1 aliphatic carbocycles. The van der Waals surface area contributed by atoms with E-state index in [2.05, 4.69) is 47.7 Å². The second-order valence-corrected chi connectivity index (χ2v) is 6.97. The molecule has 1 aromatic heterocycles. The fourth-order valence-corrected chi connectivity index (χ4v) is 4.10. The van der Waals surface area contributed by atoms with Crippen LogP contribution in [0.4, 0.5) is 0 Å². The Kier molecular flexibility index (Phi) is 2.62. The molecule has 0 N–H and O–H groups in total. The van der Waals surface area contributed by atoms with Crippen LogP contribution in [-0.4, -0.2) is 15.3 Å². The third-order valence-corrected chi connectivity index (χ3v) is 5.22. The molecule has 1 saturated carbocycles. The summed E-state index contributed by atoms with van der Waals surface area (Å²) in [5, 5.41) is 0. The molecule has 4 rings (SSSR count). The topological polar surface area (TPSA) is 34.9 Å². The van der Waals surface area contributed by atoms with E-state index < -0.39 is 0 Å². The van der Waals surface area contributed by atoms with Crippen LogP contribution in [0.25, 0.3) is 11.3 Å². The van der Waals surface area contributed by atoms with Gasteiger partial charge in [0.25, 0.3) is 0 Å². The molecule has 1 fully saturated rings. The van der Waals surface area contributed by atoms with Crippen LogP contribution in [0.5, 0.6) is 0 Å². The number of carbonyl (C=O) groups excluding carboxylic acids is 1. The summed E-state index contributed by atoms with van der Waals surface area (Å²) in [7, 11) is 0. The minimum absolute atomic E-state index is 0.0744. The van der Waals surface area contributed by atoms with Crippen molar-refractivity contribution in [2.24, 2.45) is 11.3 Å². The molecule has 1 aromatic carbocycles. The molecule has 21 heavy (non-hydrogen) atoms. The smallest absolute Gasteiger partial charge is 0.143 e. The molecular formula is C18H20N2O. The van der Waals surface area contributed by atoms with Crippen LogP contribution in [-0.2, 0) is 4.79 Å². The van der Waals surface area contributed by atoms with E-state index in [9.17, 15) is 4.79 Å². The Bertz CT molecular complexity index is 714. The van der Waals surface area contributed by atoms with Gasteiger partial charge in [0.1, 0.15) is 5.78 Å². The van der Waals surface area contributed by atoms with Gasteiger partial charge in [0.15, 0.2) is 0 Å². The molecule has 2 atom stereocenters. The van der Waals surface area contributed by atoms with Crippen LogP contribution >= 0.6 is 0 Å². The number of ketones is 1. The van der Waals surface area contributed by atoms with Crippen molar-refractivity contribution in [3.63, 3.8) is 0 Å². The molecule has 0 amide bonds. The minimum atomic E-state index is -0.193. The number of carbonyl (C=O) groups is 1. The zero-order valence-electron chi connectivity index (χ0n) is 12.5. The van der Waals surface area contributed by atoms with Crippen LogP contribution in [0.2, 0.25) is 0 Å². The molecule has 2 aromatic rings. The van der Waals surface area contributed by atoms with Gasteiger partial charge in [-0.2, -0.15) is 0 Å². The van der Waals surface area contributed by atoms with Gasteiger partial charge in [0.2, 0.25) is 0 Å². The third kappa shape index (κ3) is 1.73. The van der Waals surface area contributed by atoms with Crippen molar-refractivity contribution in [3.8, 4) is 11.3 Å². The summed E-state index contributed by atoms with van der Waals surface area (Å²) in [6.45, 7) is 4.19. The van der Waals surface area contributed by atoms with E-state index in [1.807, 2.05) is 12.5 Å². The number of Topliss-reactive ketones (excluding diaryl/α,β-unsaturated/α-hetero) is 1. The Morgan fingerprint density at radius 3 is 2.95 bits per heavy atom. The second kappa shape index (κ2) is 4.30. The summed E-state index contributed by atoms with van der Waals surface area (Å²) in [5.74, 6) is 0.487.